The number of aryl methyl sites for hydroxylation is 1. The fourth-order valence-electron chi connectivity index (χ4n) is 4.09. The quantitative estimate of drug-likeness (QED) is 0.666. The van der Waals surface area contributed by atoms with Crippen molar-refractivity contribution in [3.8, 4) is 5.13 Å². The third kappa shape index (κ3) is 3.17. The predicted molar refractivity (Wildman–Crippen MR) is 113 cm³/mol. The van der Waals surface area contributed by atoms with Gasteiger partial charge in [0.1, 0.15) is 11.4 Å². The number of morpholine rings is 1. The van der Waals surface area contributed by atoms with Crippen molar-refractivity contribution >= 4 is 34.2 Å². The summed E-state index contributed by atoms with van der Waals surface area (Å²) in [4.78, 5) is 38.2. The summed E-state index contributed by atoms with van der Waals surface area (Å²) in [6.45, 7) is 7.01. The van der Waals surface area contributed by atoms with Gasteiger partial charge in [0.05, 0.1) is 18.6 Å². The van der Waals surface area contributed by atoms with Gasteiger partial charge in [-0.05, 0) is 18.6 Å². The minimum atomic E-state index is -1.26. The molecule has 0 bridgehead atoms. The average Bonchev–Trinajstić information content (AvgIpc) is 3.22. The van der Waals surface area contributed by atoms with Crippen LogP contribution in [0.2, 0.25) is 0 Å². The number of hydrogen-bond donors (Lipinski definition) is 1. The van der Waals surface area contributed by atoms with E-state index in [0.717, 1.165) is 45.2 Å². The van der Waals surface area contributed by atoms with Gasteiger partial charge >= 0.3 is 5.97 Å². The number of carboxylic acid groups (broad SMARTS) is 1. The van der Waals surface area contributed by atoms with E-state index in [-0.39, 0.29) is 5.56 Å². The van der Waals surface area contributed by atoms with Crippen LogP contribution in [-0.2, 0) is 4.74 Å². The van der Waals surface area contributed by atoms with Crippen LogP contribution in [0, 0.1) is 6.92 Å². The van der Waals surface area contributed by atoms with Crippen molar-refractivity contribution in [3.05, 3.63) is 45.2 Å². The minimum Gasteiger partial charge on any atom is -0.477 e. The van der Waals surface area contributed by atoms with Crippen molar-refractivity contribution in [1.82, 2.24) is 19.4 Å². The van der Waals surface area contributed by atoms with Crippen LogP contribution in [0.5, 0.6) is 0 Å². The van der Waals surface area contributed by atoms with E-state index in [1.807, 2.05) is 13.0 Å². The third-order valence-electron chi connectivity index (χ3n) is 5.75. The Labute approximate surface area is 176 Å². The Hall–Kier alpha value is -2.82. The molecule has 5 heterocycles. The summed E-state index contributed by atoms with van der Waals surface area (Å²) >= 11 is 1.36. The summed E-state index contributed by atoms with van der Waals surface area (Å²) in [7, 11) is 0. The number of carboxylic acids is 1. The molecule has 0 spiro atoms. The van der Waals surface area contributed by atoms with Crippen LogP contribution in [0.3, 0.4) is 0 Å². The Morgan fingerprint density at radius 3 is 2.73 bits per heavy atom. The summed E-state index contributed by atoms with van der Waals surface area (Å²) in [5.41, 5.74) is 0.344. The highest BCUT2D eigenvalue weighted by atomic mass is 32.1. The molecule has 5 rings (SSSR count). The van der Waals surface area contributed by atoms with Gasteiger partial charge in [0, 0.05) is 50.0 Å². The number of pyridine rings is 2. The molecule has 0 saturated carbocycles. The fourth-order valence-corrected chi connectivity index (χ4v) is 4.71. The van der Waals surface area contributed by atoms with Crippen LogP contribution in [0.4, 0.5) is 5.82 Å². The Kier molecular flexibility index (Phi) is 4.76. The lowest BCUT2D eigenvalue weighted by atomic mass is 10.0. The summed E-state index contributed by atoms with van der Waals surface area (Å²) in [6.07, 6.45) is 2.97. The molecule has 1 N–H and O–H groups in total. The molecule has 0 amide bonds. The van der Waals surface area contributed by atoms with Gasteiger partial charge in [-0.1, -0.05) is 0 Å². The minimum absolute atomic E-state index is 0.285. The van der Waals surface area contributed by atoms with Crippen molar-refractivity contribution in [3.63, 3.8) is 0 Å². The Bertz CT molecular complexity index is 1160. The monoisotopic (exact) mass is 427 g/mol. The lowest BCUT2D eigenvalue weighted by molar-refractivity contribution is 0.0104. The maximum absolute atomic E-state index is 12.9. The van der Waals surface area contributed by atoms with Gasteiger partial charge in [0.15, 0.2) is 10.8 Å². The second-order valence-electron chi connectivity index (χ2n) is 7.56. The maximum atomic E-state index is 12.9. The van der Waals surface area contributed by atoms with Gasteiger partial charge in [0.25, 0.3) is 0 Å². The molecular formula is C20H21N5O4S. The Morgan fingerprint density at radius 2 is 2.07 bits per heavy atom. The zero-order valence-electron chi connectivity index (χ0n) is 16.4. The van der Waals surface area contributed by atoms with Crippen molar-refractivity contribution in [1.29, 1.82) is 0 Å². The molecule has 0 unspecified atom stereocenters. The highest BCUT2D eigenvalue weighted by Crippen LogP contribution is 2.28. The van der Waals surface area contributed by atoms with Crippen LogP contribution in [0.1, 0.15) is 15.9 Å². The molecule has 0 atom stereocenters. The number of rotatable bonds is 4. The van der Waals surface area contributed by atoms with Gasteiger partial charge in [-0.3, -0.25) is 14.3 Å². The molecule has 3 aromatic heterocycles. The molecule has 2 aliphatic heterocycles. The first-order valence-electron chi connectivity index (χ1n) is 9.80. The standard InChI is InChI=1S/C20H21N5O4S/c1-12-8-15(24-9-13(10-24)23-3-5-29-6-4-23)22-18-16(12)17(26)14(19(27)28)11-25(18)20-21-2-7-30-20/h2,7-8,11,13H,3-6,9-10H2,1H3,(H,27,28). The number of anilines is 1. The molecule has 3 aromatic rings. The number of fused-ring (bicyclic) bond motifs is 1. The second kappa shape index (κ2) is 7.46. The van der Waals surface area contributed by atoms with Gasteiger partial charge in [-0.25, -0.2) is 14.8 Å². The number of nitrogens with zero attached hydrogens (tertiary/aromatic N) is 5. The zero-order valence-corrected chi connectivity index (χ0v) is 17.3. The van der Waals surface area contributed by atoms with E-state index in [4.69, 9.17) is 9.72 Å². The fraction of sp³-hybridized carbons (Fsp3) is 0.400. The van der Waals surface area contributed by atoms with Crippen LogP contribution in [-0.4, -0.2) is 75.9 Å². The summed E-state index contributed by atoms with van der Waals surface area (Å²) < 4.78 is 7.05. The molecule has 30 heavy (non-hydrogen) atoms. The van der Waals surface area contributed by atoms with Crippen LogP contribution < -0.4 is 10.3 Å². The topological polar surface area (TPSA) is 101 Å². The number of aromatic carboxylic acids is 1. The van der Waals surface area contributed by atoms with Crippen molar-refractivity contribution in [2.45, 2.75) is 13.0 Å². The van der Waals surface area contributed by atoms with Crippen molar-refractivity contribution in [2.24, 2.45) is 0 Å². The van der Waals surface area contributed by atoms with E-state index in [2.05, 4.69) is 14.8 Å². The molecule has 10 heteroatoms. The van der Waals surface area contributed by atoms with E-state index >= 15 is 0 Å². The Morgan fingerprint density at radius 1 is 1.30 bits per heavy atom. The molecule has 0 radical (unpaired) electrons. The van der Waals surface area contributed by atoms with E-state index in [1.54, 1.807) is 16.1 Å². The summed E-state index contributed by atoms with van der Waals surface area (Å²) in [5, 5.41) is 12.2. The first-order chi connectivity index (χ1) is 14.5. The summed E-state index contributed by atoms with van der Waals surface area (Å²) in [5.74, 6) is -0.468. The van der Waals surface area contributed by atoms with E-state index in [1.165, 1.54) is 17.5 Å². The van der Waals surface area contributed by atoms with E-state index in [0.29, 0.717) is 27.8 Å². The Balaban J connectivity index is 1.56. The number of ether oxygens (including phenoxy) is 1. The molecule has 2 aliphatic rings. The molecule has 0 aromatic carbocycles. The van der Waals surface area contributed by atoms with Gasteiger partial charge in [0.2, 0.25) is 5.43 Å². The van der Waals surface area contributed by atoms with E-state index < -0.39 is 11.4 Å². The third-order valence-corrected chi connectivity index (χ3v) is 6.52. The van der Waals surface area contributed by atoms with Gasteiger partial charge in [-0.15, -0.1) is 11.3 Å². The lowest BCUT2D eigenvalue weighted by Gasteiger charge is -2.47. The summed E-state index contributed by atoms with van der Waals surface area (Å²) in [6, 6.07) is 2.35. The van der Waals surface area contributed by atoms with Gasteiger partial charge < -0.3 is 14.7 Å². The predicted octanol–water partition coefficient (Wildman–Crippen LogP) is 1.37. The molecule has 156 valence electrons. The molecule has 2 saturated heterocycles. The molecule has 9 nitrogen and oxygen atoms in total. The number of thiazole rings is 1. The van der Waals surface area contributed by atoms with Crippen LogP contribution >= 0.6 is 11.3 Å². The second-order valence-corrected chi connectivity index (χ2v) is 8.44. The number of aromatic nitrogens is 3. The first-order valence-corrected chi connectivity index (χ1v) is 10.7. The number of hydrogen-bond acceptors (Lipinski definition) is 8. The van der Waals surface area contributed by atoms with Crippen LogP contribution in [0.15, 0.2) is 28.6 Å². The maximum Gasteiger partial charge on any atom is 0.341 e. The average molecular weight is 427 g/mol. The molecular weight excluding hydrogens is 406 g/mol. The smallest absolute Gasteiger partial charge is 0.341 e. The lowest BCUT2D eigenvalue weighted by Crippen LogP contribution is -2.61. The highest BCUT2D eigenvalue weighted by molar-refractivity contribution is 7.12. The number of carbonyl (C=O) groups is 1. The van der Waals surface area contributed by atoms with Gasteiger partial charge in [-0.2, -0.15) is 0 Å². The SMILES string of the molecule is Cc1cc(N2CC(N3CCOCC3)C2)nc2c1c(=O)c(C(=O)O)cn2-c1nccs1. The van der Waals surface area contributed by atoms with Crippen molar-refractivity contribution < 1.29 is 14.6 Å². The molecule has 0 aliphatic carbocycles. The first kappa shape index (κ1) is 19.2. The highest BCUT2D eigenvalue weighted by Gasteiger charge is 2.34. The van der Waals surface area contributed by atoms with Crippen LogP contribution in [0.25, 0.3) is 16.2 Å². The molecule has 2 fully saturated rings. The van der Waals surface area contributed by atoms with E-state index in [9.17, 15) is 14.7 Å². The van der Waals surface area contributed by atoms with Crippen molar-refractivity contribution in [2.75, 3.05) is 44.3 Å². The normalized spacial score (nSPS) is 18.0. The zero-order chi connectivity index (χ0) is 20.8. The largest absolute Gasteiger partial charge is 0.477 e.